The third-order valence-electron chi connectivity index (χ3n) is 7.67. The number of nitrogens with zero attached hydrogens (tertiary/aromatic N) is 6. The predicted molar refractivity (Wildman–Crippen MR) is 170 cm³/mol. The number of fused-ring (bicyclic) bond motifs is 1. The van der Waals surface area contributed by atoms with Crippen LogP contribution < -0.4 is 27.3 Å². The van der Waals surface area contributed by atoms with Crippen molar-refractivity contribution in [2.24, 2.45) is 16.7 Å². The molecular weight excluding hydrogens is 528 g/mol. The largest absolute Gasteiger partial charge is 0.382 e. The Morgan fingerprint density at radius 3 is 2.50 bits per heavy atom. The second-order valence-electron chi connectivity index (χ2n) is 10.6. The summed E-state index contributed by atoms with van der Waals surface area (Å²) in [4.78, 5) is 17.5. The Labute approximate surface area is 246 Å². The zero-order valence-electron chi connectivity index (χ0n) is 25.0. The van der Waals surface area contributed by atoms with Crippen molar-refractivity contribution >= 4 is 34.5 Å². The summed E-state index contributed by atoms with van der Waals surface area (Å²) in [5, 5.41) is 8.74. The third-order valence-corrected chi connectivity index (χ3v) is 7.67. The fraction of sp³-hybridized carbons (Fsp3) is 0.355. The molecule has 0 bridgehead atoms. The SMILES string of the molecule is CCC(Nc1nc(-n2c(C)ccc2C)nc(C)c1/C=C/C(N)=N/NN)c1cc2cccc(C)c2nc1N1CCOCC1. The summed E-state index contributed by atoms with van der Waals surface area (Å²) < 4.78 is 7.73. The Bertz CT molecular complexity index is 1620. The lowest BCUT2D eigenvalue weighted by molar-refractivity contribution is 0.122. The van der Waals surface area contributed by atoms with E-state index in [4.69, 9.17) is 31.3 Å². The van der Waals surface area contributed by atoms with Gasteiger partial charge in [0.1, 0.15) is 17.5 Å². The van der Waals surface area contributed by atoms with Gasteiger partial charge in [0.05, 0.1) is 30.5 Å². The first-order valence-electron chi connectivity index (χ1n) is 14.3. The van der Waals surface area contributed by atoms with Gasteiger partial charge in [0.25, 0.3) is 0 Å². The molecule has 4 heterocycles. The fourth-order valence-electron chi connectivity index (χ4n) is 5.44. The van der Waals surface area contributed by atoms with Gasteiger partial charge >= 0.3 is 0 Å². The van der Waals surface area contributed by atoms with E-state index in [0.717, 1.165) is 70.0 Å². The number of ether oxygens (including phenoxy) is 1. The second-order valence-corrected chi connectivity index (χ2v) is 10.6. The maximum Gasteiger partial charge on any atom is 0.236 e. The number of para-hydroxylation sites is 1. The zero-order valence-corrected chi connectivity index (χ0v) is 25.0. The molecule has 3 aromatic heterocycles. The summed E-state index contributed by atoms with van der Waals surface area (Å²) in [7, 11) is 0. The molecule has 0 aliphatic carbocycles. The number of nitrogens with two attached hydrogens (primary N) is 2. The average molecular weight is 569 g/mol. The first-order valence-corrected chi connectivity index (χ1v) is 14.3. The number of hydrazine groups is 1. The maximum atomic E-state index is 6.00. The molecule has 1 aliphatic rings. The van der Waals surface area contributed by atoms with Crippen molar-refractivity contribution in [1.29, 1.82) is 0 Å². The van der Waals surface area contributed by atoms with Crippen LogP contribution >= 0.6 is 0 Å². The highest BCUT2D eigenvalue weighted by Gasteiger charge is 2.24. The van der Waals surface area contributed by atoms with E-state index in [-0.39, 0.29) is 11.9 Å². The monoisotopic (exact) mass is 568 g/mol. The zero-order chi connectivity index (χ0) is 29.8. The van der Waals surface area contributed by atoms with Gasteiger partial charge in [0, 0.05) is 41.0 Å². The minimum Gasteiger partial charge on any atom is -0.382 e. The Morgan fingerprint density at radius 2 is 1.81 bits per heavy atom. The van der Waals surface area contributed by atoms with Crippen LogP contribution in [0.25, 0.3) is 22.9 Å². The fourth-order valence-corrected chi connectivity index (χ4v) is 5.44. The van der Waals surface area contributed by atoms with Crippen molar-refractivity contribution in [1.82, 2.24) is 25.1 Å². The number of morpholine rings is 1. The molecule has 220 valence electrons. The van der Waals surface area contributed by atoms with Crippen LogP contribution in [-0.2, 0) is 4.74 Å². The molecule has 1 fully saturated rings. The highest BCUT2D eigenvalue weighted by atomic mass is 16.5. The van der Waals surface area contributed by atoms with Crippen LogP contribution in [0.15, 0.2) is 47.6 Å². The van der Waals surface area contributed by atoms with Crippen LogP contribution in [0.2, 0.25) is 0 Å². The second kappa shape index (κ2) is 12.6. The minimum atomic E-state index is -0.0851. The summed E-state index contributed by atoms with van der Waals surface area (Å²) in [6, 6.07) is 12.6. The van der Waals surface area contributed by atoms with E-state index in [1.807, 2.05) is 13.0 Å². The van der Waals surface area contributed by atoms with Crippen molar-refractivity contribution in [3.05, 3.63) is 76.2 Å². The molecule has 42 heavy (non-hydrogen) atoms. The summed E-state index contributed by atoms with van der Waals surface area (Å²) in [6.45, 7) is 13.3. The number of aromatic nitrogens is 4. The van der Waals surface area contributed by atoms with Gasteiger partial charge in [-0.2, -0.15) is 4.98 Å². The molecule has 0 radical (unpaired) electrons. The quantitative estimate of drug-likeness (QED) is 0.101. The number of amidine groups is 1. The van der Waals surface area contributed by atoms with Gasteiger partial charge in [-0.3, -0.25) is 4.57 Å². The molecule has 1 saturated heterocycles. The topological polar surface area (TPSA) is 145 Å². The van der Waals surface area contributed by atoms with Crippen molar-refractivity contribution < 1.29 is 4.74 Å². The highest BCUT2D eigenvalue weighted by Crippen LogP contribution is 2.35. The van der Waals surface area contributed by atoms with Gasteiger partial charge in [-0.1, -0.05) is 25.1 Å². The number of nitrogens with one attached hydrogen (secondary N) is 2. The lowest BCUT2D eigenvalue weighted by atomic mass is 10.00. The molecular formula is C31H40N10O. The van der Waals surface area contributed by atoms with Crippen LogP contribution in [0, 0.1) is 27.7 Å². The smallest absolute Gasteiger partial charge is 0.236 e. The molecule has 11 heteroatoms. The Morgan fingerprint density at radius 1 is 1.07 bits per heavy atom. The number of hydrazone groups is 1. The summed E-state index contributed by atoms with van der Waals surface area (Å²) in [6.07, 6.45) is 4.35. The van der Waals surface area contributed by atoms with E-state index in [1.54, 1.807) is 6.08 Å². The van der Waals surface area contributed by atoms with Crippen molar-refractivity contribution in [3.63, 3.8) is 0 Å². The van der Waals surface area contributed by atoms with E-state index < -0.39 is 0 Å². The molecule has 1 atom stereocenters. The van der Waals surface area contributed by atoms with Crippen molar-refractivity contribution in [2.45, 2.75) is 47.1 Å². The molecule has 1 aromatic carbocycles. The van der Waals surface area contributed by atoms with E-state index in [2.05, 4.69) is 89.5 Å². The van der Waals surface area contributed by atoms with Gasteiger partial charge in [0.15, 0.2) is 0 Å². The number of pyridine rings is 1. The van der Waals surface area contributed by atoms with Crippen LogP contribution in [0.3, 0.4) is 0 Å². The summed E-state index contributed by atoms with van der Waals surface area (Å²) in [5.74, 6) is 7.84. The minimum absolute atomic E-state index is 0.0851. The Hall–Kier alpha value is -4.48. The normalized spacial score (nSPS) is 15.0. The third kappa shape index (κ3) is 5.93. The molecule has 1 unspecified atom stereocenters. The Balaban J connectivity index is 1.65. The first kappa shape index (κ1) is 29.0. The molecule has 0 spiro atoms. The van der Waals surface area contributed by atoms with Gasteiger partial charge in [-0.05, 0) is 70.0 Å². The molecule has 0 amide bonds. The molecule has 1 aliphatic heterocycles. The Kier molecular flexibility index (Phi) is 8.69. The molecule has 0 saturated carbocycles. The van der Waals surface area contributed by atoms with Crippen LogP contribution in [-0.4, -0.2) is 51.7 Å². The lowest BCUT2D eigenvalue weighted by Gasteiger charge is -2.32. The van der Waals surface area contributed by atoms with Crippen molar-refractivity contribution in [2.75, 3.05) is 36.5 Å². The first-order chi connectivity index (χ1) is 20.3. The summed E-state index contributed by atoms with van der Waals surface area (Å²) >= 11 is 0. The number of anilines is 2. The average Bonchev–Trinajstić information content (AvgIpc) is 3.32. The van der Waals surface area contributed by atoms with E-state index in [0.29, 0.717) is 25.0 Å². The molecule has 4 aromatic rings. The van der Waals surface area contributed by atoms with Crippen LogP contribution in [0.1, 0.15) is 53.2 Å². The summed E-state index contributed by atoms with van der Waals surface area (Å²) in [5.41, 5.74) is 15.2. The van der Waals surface area contributed by atoms with E-state index in [9.17, 15) is 0 Å². The number of rotatable bonds is 9. The standard InChI is InChI=1S/C31H40N10O/c1-6-26(25-18-23-9-7-8-19(2)28(23)36-30(25)40-14-16-42-17-15-40)35-29-24(12-13-27(32)38-39-33)22(5)34-31(37-29)41-20(3)10-11-21(41)4/h7-13,18,26,39H,6,14-17,33H2,1-5H3,(H2,32,38)(H,34,35,37)/b13-12+. The number of benzene rings is 1. The number of hydrogen-bond donors (Lipinski definition) is 4. The van der Waals surface area contributed by atoms with E-state index >= 15 is 0 Å². The van der Waals surface area contributed by atoms with Crippen molar-refractivity contribution in [3.8, 4) is 5.95 Å². The van der Waals surface area contributed by atoms with E-state index in [1.165, 1.54) is 0 Å². The van der Waals surface area contributed by atoms with Crippen LogP contribution in [0.4, 0.5) is 11.6 Å². The van der Waals surface area contributed by atoms with Gasteiger partial charge < -0.3 is 20.7 Å². The van der Waals surface area contributed by atoms with Crippen LogP contribution in [0.5, 0.6) is 0 Å². The molecule has 11 nitrogen and oxygen atoms in total. The maximum absolute atomic E-state index is 6.00. The van der Waals surface area contributed by atoms with Gasteiger partial charge in [-0.25, -0.2) is 21.3 Å². The van der Waals surface area contributed by atoms with Gasteiger partial charge in [-0.15, -0.1) is 5.10 Å². The number of hydrogen-bond acceptors (Lipinski definition) is 9. The number of aryl methyl sites for hydroxylation is 4. The molecule has 5 rings (SSSR count). The lowest BCUT2D eigenvalue weighted by Crippen LogP contribution is -2.38. The molecule has 6 N–H and O–H groups in total. The van der Waals surface area contributed by atoms with Gasteiger partial charge in [0.2, 0.25) is 5.95 Å². The highest BCUT2D eigenvalue weighted by molar-refractivity contribution is 5.95. The predicted octanol–water partition coefficient (Wildman–Crippen LogP) is 4.20.